The standard InChI is InChI=1S/C15H21ClN2O3/c1-14(2)3-5-15(21,6-4-14)9-18-12-11(16)7-10(8-17-12)13(19)20/h7-8,21H,3-6,9H2,1-2H3,(H,17,18)(H,19,20). The Labute approximate surface area is 129 Å². The predicted octanol–water partition coefficient (Wildman–Crippen LogP) is 3.18. The van der Waals surface area contributed by atoms with Gasteiger partial charge in [-0.25, -0.2) is 9.78 Å². The first-order valence-electron chi connectivity index (χ1n) is 7.06. The molecule has 0 atom stereocenters. The first-order valence-corrected chi connectivity index (χ1v) is 7.44. The fraction of sp³-hybridized carbons (Fsp3) is 0.600. The highest BCUT2D eigenvalue weighted by molar-refractivity contribution is 6.33. The number of nitrogens with one attached hydrogen (secondary N) is 1. The number of carbonyl (C=O) groups is 1. The number of pyridine rings is 1. The molecule has 1 aliphatic carbocycles. The summed E-state index contributed by atoms with van der Waals surface area (Å²) < 4.78 is 0. The Balaban J connectivity index is 1.98. The maximum absolute atomic E-state index is 10.8. The molecule has 0 bridgehead atoms. The van der Waals surface area contributed by atoms with Crippen molar-refractivity contribution in [3.63, 3.8) is 0 Å². The van der Waals surface area contributed by atoms with Gasteiger partial charge in [-0.2, -0.15) is 0 Å². The smallest absolute Gasteiger partial charge is 0.337 e. The number of hydrogen-bond donors (Lipinski definition) is 3. The minimum Gasteiger partial charge on any atom is -0.478 e. The fourth-order valence-corrected chi connectivity index (χ4v) is 2.74. The van der Waals surface area contributed by atoms with E-state index in [4.69, 9.17) is 16.7 Å². The van der Waals surface area contributed by atoms with Gasteiger partial charge in [0.2, 0.25) is 0 Å². The Bertz CT molecular complexity index is 536. The molecule has 0 saturated heterocycles. The van der Waals surface area contributed by atoms with Gasteiger partial charge in [-0.3, -0.25) is 0 Å². The van der Waals surface area contributed by atoms with Crippen LogP contribution < -0.4 is 5.32 Å². The zero-order chi connectivity index (χ0) is 15.7. The quantitative estimate of drug-likeness (QED) is 0.795. The van der Waals surface area contributed by atoms with E-state index in [2.05, 4.69) is 24.1 Å². The molecule has 1 aliphatic rings. The van der Waals surface area contributed by atoms with Gasteiger partial charge in [-0.1, -0.05) is 25.4 Å². The molecule has 0 spiro atoms. The average Bonchev–Trinajstić information content (AvgIpc) is 2.41. The van der Waals surface area contributed by atoms with E-state index < -0.39 is 11.6 Å². The maximum Gasteiger partial charge on any atom is 0.337 e. The summed E-state index contributed by atoms with van der Waals surface area (Å²) in [4.78, 5) is 14.8. The molecule has 1 saturated carbocycles. The van der Waals surface area contributed by atoms with Gasteiger partial charge >= 0.3 is 5.97 Å². The van der Waals surface area contributed by atoms with Crippen LogP contribution in [-0.2, 0) is 0 Å². The van der Waals surface area contributed by atoms with Gasteiger partial charge in [0, 0.05) is 12.7 Å². The third-order valence-electron chi connectivity index (χ3n) is 4.21. The summed E-state index contributed by atoms with van der Waals surface area (Å²) in [5, 5.41) is 22.7. The van der Waals surface area contributed by atoms with E-state index in [1.165, 1.54) is 12.3 Å². The first-order chi connectivity index (χ1) is 9.71. The van der Waals surface area contributed by atoms with Gasteiger partial charge in [0.05, 0.1) is 16.2 Å². The number of carboxylic acids is 1. The highest BCUT2D eigenvalue weighted by Crippen LogP contribution is 2.40. The van der Waals surface area contributed by atoms with E-state index in [-0.39, 0.29) is 16.0 Å². The van der Waals surface area contributed by atoms with Crippen molar-refractivity contribution in [2.45, 2.75) is 45.1 Å². The van der Waals surface area contributed by atoms with E-state index in [0.717, 1.165) is 25.7 Å². The van der Waals surface area contributed by atoms with Crippen LogP contribution in [0.2, 0.25) is 5.02 Å². The summed E-state index contributed by atoms with van der Waals surface area (Å²) >= 11 is 6.01. The Morgan fingerprint density at radius 2 is 2.00 bits per heavy atom. The number of aliphatic hydroxyl groups is 1. The largest absolute Gasteiger partial charge is 0.478 e. The van der Waals surface area contributed by atoms with Crippen LogP contribution in [-0.4, -0.2) is 33.3 Å². The normalized spacial score (nSPS) is 20.0. The van der Waals surface area contributed by atoms with E-state index in [1.807, 2.05) is 0 Å². The van der Waals surface area contributed by atoms with Crippen LogP contribution in [0.4, 0.5) is 5.82 Å². The Kier molecular flexibility index (Phi) is 4.44. The van der Waals surface area contributed by atoms with Crippen molar-refractivity contribution in [3.8, 4) is 0 Å². The van der Waals surface area contributed by atoms with Gasteiger partial charge in [0.25, 0.3) is 0 Å². The van der Waals surface area contributed by atoms with Crippen molar-refractivity contribution >= 4 is 23.4 Å². The third-order valence-corrected chi connectivity index (χ3v) is 4.50. The second-order valence-electron chi connectivity index (χ2n) is 6.60. The molecule has 0 unspecified atom stereocenters. The molecule has 5 nitrogen and oxygen atoms in total. The highest BCUT2D eigenvalue weighted by Gasteiger charge is 2.36. The zero-order valence-corrected chi connectivity index (χ0v) is 13.1. The molecule has 0 aliphatic heterocycles. The van der Waals surface area contributed by atoms with Gasteiger partial charge in [-0.05, 0) is 37.2 Å². The van der Waals surface area contributed by atoms with Crippen LogP contribution in [0.25, 0.3) is 0 Å². The SMILES string of the molecule is CC1(C)CCC(O)(CNc2ncc(C(=O)O)cc2Cl)CC1. The maximum atomic E-state index is 10.8. The molecule has 1 aromatic heterocycles. The topological polar surface area (TPSA) is 82.5 Å². The molecule has 1 fully saturated rings. The Hall–Kier alpha value is -1.33. The highest BCUT2D eigenvalue weighted by atomic mass is 35.5. The monoisotopic (exact) mass is 312 g/mol. The summed E-state index contributed by atoms with van der Waals surface area (Å²) in [6, 6.07) is 1.35. The molecule has 6 heteroatoms. The van der Waals surface area contributed by atoms with Gasteiger partial charge < -0.3 is 15.5 Å². The van der Waals surface area contributed by atoms with Crippen molar-refractivity contribution < 1.29 is 15.0 Å². The molecule has 3 N–H and O–H groups in total. The van der Waals surface area contributed by atoms with Crippen molar-refractivity contribution in [2.75, 3.05) is 11.9 Å². The lowest BCUT2D eigenvalue weighted by molar-refractivity contribution is -0.0145. The summed E-state index contributed by atoms with van der Waals surface area (Å²) in [6.45, 7) is 4.79. The number of halogens is 1. The Morgan fingerprint density at radius 3 is 2.52 bits per heavy atom. The number of anilines is 1. The van der Waals surface area contributed by atoms with Crippen LogP contribution in [0.3, 0.4) is 0 Å². The zero-order valence-electron chi connectivity index (χ0n) is 12.3. The van der Waals surface area contributed by atoms with Gasteiger partial charge in [-0.15, -0.1) is 0 Å². The molecule has 1 aromatic rings. The van der Waals surface area contributed by atoms with Crippen molar-refractivity contribution in [1.82, 2.24) is 4.98 Å². The fourth-order valence-electron chi connectivity index (χ4n) is 2.50. The van der Waals surface area contributed by atoms with E-state index >= 15 is 0 Å². The first kappa shape index (κ1) is 16.0. The minimum absolute atomic E-state index is 0.0451. The molecule has 2 rings (SSSR count). The molecular formula is C15H21ClN2O3. The molecule has 1 heterocycles. The molecule has 0 amide bonds. The molecular weight excluding hydrogens is 292 g/mol. The average molecular weight is 313 g/mol. The lowest BCUT2D eigenvalue weighted by Crippen LogP contribution is -2.42. The molecule has 21 heavy (non-hydrogen) atoms. The van der Waals surface area contributed by atoms with Gasteiger partial charge in [0.15, 0.2) is 0 Å². The van der Waals surface area contributed by atoms with Gasteiger partial charge in [0.1, 0.15) is 5.82 Å². The van der Waals surface area contributed by atoms with E-state index in [1.54, 1.807) is 0 Å². The predicted molar refractivity (Wildman–Crippen MR) is 81.9 cm³/mol. The van der Waals surface area contributed by atoms with Crippen LogP contribution in [0, 0.1) is 5.41 Å². The third kappa shape index (κ3) is 4.08. The van der Waals surface area contributed by atoms with E-state index in [0.29, 0.717) is 12.4 Å². The number of aromatic nitrogens is 1. The number of carboxylic acid groups (broad SMARTS) is 1. The van der Waals surface area contributed by atoms with E-state index in [9.17, 15) is 9.90 Å². The van der Waals surface area contributed by atoms with Crippen molar-refractivity contribution in [2.24, 2.45) is 5.41 Å². The van der Waals surface area contributed by atoms with Crippen LogP contribution >= 0.6 is 11.6 Å². The number of rotatable bonds is 4. The summed E-state index contributed by atoms with van der Waals surface area (Å²) in [7, 11) is 0. The van der Waals surface area contributed by atoms with Crippen LogP contribution in [0.5, 0.6) is 0 Å². The lowest BCUT2D eigenvalue weighted by atomic mass is 9.71. The van der Waals surface area contributed by atoms with Crippen LogP contribution in [0.15, 0.2) is 12.3 Å². The Morgan fingerprint density at radius 1 is 1.38 bits per heavy atom. The number of aromatic carboxylic acids is 1. The summed E-state index contributed by atoms with van der Waals surface area (Å²) in [6.07, 6.45) is 4.68. The summed E-state index contributed by atoms with van der Waals surface area (Å²) in [5.74, 6) is -0.663. The summed E-state index contributed by atoms with van der Waals surface area (Å²) in [5.41, 5.74) is -0.430. The second-order valence-corrected chi connectivity index (χ2v) is 7.01. The molecule has 116 valence electrons. The number of hydrogen-bond acceptors (Lipinski definition) is 4. The van der Waals surface area contributed by atoms with Crippen molar-refractivity contribution in [1.29, 1.82) is 0 Å². The van der Waals surface area contributed by atoms with Crippen LogP contribution in [0.1, 0.15) is 49.9 Å². The molecule has 0 aromatic carbocycles. The molecule has 0 radical (unpaired) electrons. The number of nitrogens with zero attached hydrogens (tertiary/aromatic N) is 1. The lowest BCUT2D eigenvalue weighted by Gasteiger charge is -2.40. The second kappa shape index (κ2) is 5.81. The van der Waals surface area contributed by atoms with Crippen molar-refractivity contribution in [3.05, 3.63) is 22.8 Å². The minimum atomic E-state index is -1.07.